The van der Waals surface area contributed by atoms with Gasteiger partial charge >= 0.3 is 6.09 Å². The van der Waals surface area contributed by atoms with E-state index in [9.17, 15) is 14.4 Å². The van der Waals surface area contributed by atoms with Gasteiger partial charge in [0, 0.05) is 17.3 Å². The molecule has 2 unspecified atom stereocenters. The predicted molar refractivity (Wildman–Crippen MR) is 147 cm³/mol. The minimum absolute atomic E-state index is 0.0640. The van der Waals surface area contributed by atoms with Crippen LogP contribution in [0, 0.1) is 13.8 Å². The monoisotopic (exact) mass is 519 g/mol. The molecule has 0 saturated heterocycles. The summed E-state index contributed by atoms with van der Waals surface area (Å²) < 4.78 is 5.38. The van der Waals surface area contributed by atoms with Crippen molar-refractivity contribution < 1.29 is 19.1 Å². The first-order chi connectivity index (χ1) is 16.6. The fraction of sp³-hybridized carbons (Fsp3) is 0.679. The normalized spacial score (nSPS) is 16.6. The molecule has 2 N–H and O–H groups in total. The topological polar surface area (TPSA) is 87.7 Å². The summed E-state index contributed by atoms with van der Waals surface area (Å²) in [5.41, 5.74) is 1.35. The minimum atomic E-state index is -0.960. The molecule has 1 aliphatic rings. The van der Waals surface area contributed by atoms with Gasteiger partial charge in [0.25, 0.3) is 0 Å². The Morgan fingerprint density at radius 2 is 1.56 bits per heavy atom. The summed E-state index contributed by atoms with van der Waals surface area (Å²) in [6.07, 6.45) is 4.53. The van der Waals surface area contributed by atoms with Crippen LogP contribution in [0.3, 0.4) is 0 Å². The van der Waals surface area contributed by atoms with Crippen molar-refractivity contribution in [1.82, 2.24) is 15.5 Å². The first-order valence-corrected chi connectivity index (χ1v) is 13.6. The number of thiol groups is 1. The maximum atomic E-state index is 14.0. The molecular formula is C28H45N3O4S. The Balaban J connectivity index is 2.49. The summed E-state index contributed by atoms with van der Waals surface area (Å²) in [5.74, 6) is -0.522. The first-order valence-electron chi connectivity index (χ1n) is 12.9. The van der Waals surface area contributed by atoms with Gasteiger partial charge in [0.15, 0.2) is 0 Å². The average molecular weight is 520 g/mol. The second kappa shape index (κ2) is 12.3. The van der Waals surface area contributed by atoms with Crippen LogP contribution in [0.5, 0.6) is 0 Å². The molecule has 0 radical (unpaired) electrons. The molecule has 0 heterocycles. The van der Waals surface area contributed by atoms with Gasteiger partial charge in [0.05, 0.1) is 0 Å². The van der Waals surface area contributed by atoms with E-state index < -0.39 is 29.3 Å². The van der Waals surface area contributed by atoms with Gasteiger partial charge in [-0.05, 0) is 73.8 Å². The number of amides is 3. The Morgan fingerprint density at radius 3 is 2.03 bits per heavy atom. The number of hydrogen-bond donors (Lipinski definition) is 3. The lowest BCUT2D eigenvalue weighted by atomic mass is 9.92. The SMILES string of the molecule is Cc1cc(C)cc(C(C(=O)NC2CCCCC2)N(C(=O)C(CS)NC(=O)OC(C)(C)C)C(C)(C)C)c1. The third kappa shape index (κ3) is 8.71. The van der Waals surface area contributed by atoms with Crippen molar-refractivity contribution >= 4 is 30.5 Å². The van der Waals surface area contributed by atoms with Crippen molar-refractivity contribution in [2.45, 2.75) is 117 Å². The van der Waals surface area contributed by atoms with Gasteiger partial charge in [0.2, 0.25) is 11.8 Å². The molecular weight excluding hydrogens is 474 g/mol. The van der Waals surface area contributed by atoms with E-state index in [1.54, 1.807) is 25.7 Å². The van der Waals surface area contributed by atoms with Crippen LogP contribution >= 0.6 is 12.6 Å². The van der Waals surface area contributed by atoms with Gasteiger partial charge < -0.3 is 20.3 Å². The van der Waals surface area contributed by atoms with E-state index in [4.69, 9.17) is 4.74 Å². The molecule has 1 fully saturated rings. The van der Waals surface area contributed by atoms with E-state index in [-0.39, 0.29) is 23.6 Å². The van der Waals surface area contributed by atoms with Crippen LogP contribution in [0.25, 0.3) is 0 Å². The van der Waals surface area contributed by atoms with Gasteiger partial charge in [-0.15, -0.1) is 0 Å². The van der Waals surface area contributed by atoms with Crippen LogP contribution in [0.4, 0.5) is 4.79 Å². The van der Waals surface area contributed by atoms with Crippen LogP contribution in [-0.2, 0) is 14.3 Å². The zero-order valence-electron chi connectivity index (χ0n) is 23.2. The number of benzene rings is 1. The number of nitrogens with zero attached hydrogens (tertiary/aromatic N) is 1. The van der Waals surface area contributed by atoms with Crippen LogP contribution in [0.15, 0.2) is 18.2 Å². The van der Waals surface area contributed by atoms with Gasteiger partial charge in [0.1, 0.15) is 17.7 Å². The third-order valence-electron chi connectivity index (χ3n) is 6.15. The number of nitrogens with one attached hydrogen (secondary N) is 2. The molecule has 0 aromatic heterocycles. The number of carbonyl (C=O) groups excluding carboxylic acids is 3. The maximum absolute atomic E-state index is 14.0. The minimum Gasteiger partial charge on any atom is -0.444 e. The Kier molecular flexibility index (Phi) is 10.3. The van der Waals surface area contributed by atoms with Gasteiger partial charge in [-0.2, -0.15) is 12.6 Å². The van der Waals surface area contributed by atoms with E-state index in [1.165, 1.54) is 6.42 Å². The van der Waals surface area contributed by atoms with Gasteiger partial charge in [-0.3, -0.25) is 9.59 Å². The van der Waals surface area contributed by atoms with E-state index in [1.807, 2.05) is 52.8 Å². The molecule has 2 atom stereocenters. The van der Waals surface area contributed by atoms with Crippen molar-refractivity contribution in [2.24, 2.45) is 0 Å². The standard InChI is InChI=1S/C28H45N3O4S/c1-18-14-19(2)16-20(15-18)23(24(32)29-21-12-10-9-11-13-21)31(27(3,4)5)25(33)22(17-36)30-26(34)35-28(6,7)8/h14-16,21-23,36H,9-13,17H2,1-8H3,(H,29,32)(H,30,34). The molecule has 3 amide bonds. The molecule has 1 aliphatic carbocycles. The second-order valence-electron chi connectivity index (χ2n) is 11.9. The van der Waals surface area contributed by atoms with Crippen LogP contribution in [0.1, 0.15) is 96.4 Å². The van der Waals surface area contributed by atoms with Crippen molar-refractivity contribution in [3.05, 3.63) is 34.9 Å². The highest BCUT2D eigenvalue weighted by atomic mass is 32.1. The quantitative estimate of drug-likeness (QED) is 0.430. The van der Waals surface area contributed by atoms with E-state index >= 15 is 0 Å². The highest BCUT2D eigenvalue weighted by Gasteiger charge is 2.42. The summed E-state index contributed by atoms with van der Waals surface area (Å²) in [6, 6.07) is 4.24. The second-order valence-corrected chi connectivity index (χ2v) is 12.3. The van der Waals surface area contributed by atoms with Crippen LogP contribution < -0.4 is 10.6 Å². The summed E-state index contributed by atoms with van der Waals surface area (Å²) in [7, 11) is 0. The lowest BCUT2D eigenvalue weighted by Gasteiger charge is -2.43. The van der Waals surface area contributed by atoms with Crippen molar-refractivity contribution in [2.75, 3.05) is 5.75 Å². The zero-order valence-corrected chi connectivity index (χ0v) is 24.1. The molecule has 8 heteroatoms. The summed E-state index contributed by atoms with van der Waals surface area (Å²) in [6.45, 7) is 14.9. The molecule has 1 aromatic carbocycles. The number of ether oxygens (including phenoxy) is 1. The Hall–Kier alpha value is -2.22. The van der Waals surface area contributed by atoms with Gasteiger partial charge in [-0.25, -0.2) is 4.79 Å². The number of alkyl carbamates (subject to hydrolysis) is 1. The molecule has 0 aliphatic heterocycles. The lowest BCUT2D eigenvalue weighted by molar-refractivity contribution is -0.148. The van der Waals surface area contributed by atoms with Crippen LogP contribution in [0.2, 0.25) is 0 Å². The van der Waals surface area contributed by atoms with Crippen molar-refractivity contribution in [3.8, 4) is 0 Å². The number of carbonyl (C=O) groups is 3. The summed E-state index contributed by atoms with van der Waals surface area (Å²) in [4.78, 5) is 42.0. The number of hydrogen-bond acceptors (Lipinski definition) is 5. The van der Waals surface area contributed by atoms with E-state index in [2.05, 4.69) is 23.3 Å². The highest BCUT2D eigenvalue weighted by molar-refractivity contribution is 7.80. The largest absolute Gasteiger partial charge is 0.444 e. The molecule has 202 valence electrons. The lowest BCUT2D eigenvalue weighted by Crippen LogP contribution is -2.59. The Morgan fingerprint density at radius 1 is 1.00 bits per heavy atom. The summed E-state index contributed by atoms with van der Waals surface area (Å²) >= 11 is 4.36. The van der Waals surface area contributed by atoms with Crippen molar-refractivity contribution in [3.63, 3.8) is 0 Å². The molecule has 7 nitrogen and oxygen atoms in total. The molecule has 0 bridgehead atoms. The highest BCUT2D eigenvalue weighted by Crippen LogP contribution is 2.32. The fourth-order valence-electron chi connectivity index (χ4n) is 4.76. The van der Waals surface area contributed by atoms with Crippen LogP contribution in [-0.4, -0.2) is 51.8 Å². The number of aryl methyl sites for hydroxylation is 2. The smallest absolute Gasteiger partial charge is 0.408 e. The summed E-state index contributed by atoms with van der Waals surface area (Å²) in [5, 5.41) is 5.89. The predicted octanol–water partition coefficient (Wildman–Crippen LogP) is 5.24. The Bertz CT molecular complexity index is 909. The number of rotatable bonds is 7. The van der Waals surface area contributed by atoms with E-state index in [0.717, 1.165) is 42.4 Å². The molecule has 0 spiro atoms. The van der Waals surface area contributed by atoms with Gasteiger partial charge in [-0.1, -0.05) is 48.6 Å². The average Bonchev–Trinajstić information content (AvgIpc) is 2.73. The molecule has 36 heavy (non-hydrogen) atoms. The molecule has 1 aromatic rings. The first kappa shape index (κ1) is 30.0. The van der Waals surface area contributed by atoms with E-state index in [0.29, 0.717) is 0 Å². The Labute approximate surface area is 222 Å². The third-order valence-corrected chi connectivity index (χ3v) is 6.51. The fourth-order valence-corrected chi connectivity index (χ4v) is 5.01. The molecule has 2 rings (SSSR count). The molecule has 1 saturated carbocycles. The zero-order chi connectivity index (χ0) is 27.3. The maximum Gasteiger partial charge on any atom is 0.408 e. The van der Waals surface area contributed by atoms with Crippen molar-refractivity contribution in [1.29, 1.82) is 0 Å².